The van der Waals surface area contributed by atoms with Crippen molar-refractivity contribution in [3.63, 3.8) is 0 Å². The molecule has 0 radical (unpaired) electrons. The van der Waals surface area contributed by atoms with Crippen molar-refractivity contribution >= 4 is 11.3 Å². The Morgan fingerprint density at radius 3 is 2.16 bits per heavy atom. The van der Waals surface area contributed by atoms with Crippen LogP contribution in [0.4, 0.5) is 0 Å². The minimum Gasteiger partial charge on any atom is -0.306 e. The molecule has 1 atom stereocenters. The molecule has 3 saturated carbocycles. The van der Waals surface area contributed by atoms with Crippen molar-refractivity contribution in [3.05, 3.63) is 22.4 Å². The van der Waals surface area contributed by atoms with Gasteiger partial charge in [-0.1, -0.05) is 18.9 Å². The van der Waals surface area contributed by atoms with E-state index in [2.05, 4.69) is 22.8 Å². The standard InChI is InChI=1S/C17H25NS/c1-2-5-12(4-1)17(15-6-3-11-19-15)18-16(13-7-8-13)14-9-10-14/h3,6,11-14,16-18H,1-2,4-5,7-10H2. The van der Waals surface area contributed by atoms with Crippen LogP contribution in [0.15, 0.2) is 17.5 Å². The highest BCUT2D eigenvalue weighted by atomic mass is 32.1. The molecule has 104 valence electrons. The van der Waals surface area contributed by atoms with Gasteiger partial charge in [0.25, 0.3) is 0 Å². The minimum absolute atomic E-state index is 0.661. The molecule has 4 rings (SSSR count). The zero-order valence-corrected chi connectivity index (χ0v) is 12.5. The first-order valence-electron chi connectivity index (χ1n) is 8.21. The second-order valence-electron chi connectivity index (χ2n) is 6.90. The van der Waals surface area contributed by atoms with E-state index in [0.29, 0.717) is 6.04 Å². The van der Waals surface area contributed by atoms with E-state index in [1.165, 1.54) is 51.4 Å². The van der Waals surface area contributed by atoms with Crippen LogP contribution >= 0.6 is 11.3 Å². The normalized spacial score (nSPS) is 26.2. The molecule has 0 saturated heterocycles. The first-order valence-corrected chi connectivity index (χ1v) is 9.09. The van der Waals surface area contributed by atoms with Gasteiger partial charge in [-0.25, -0.2) is 0 Å². The summed E-state index contributed by atoms with van der Waals surface area (Å²) in [4.78, 5) is 1.60. The monoisotopic (exact) mass is 275 g/mol. The van der Waals surface area contributed by atoms with Gasteiger partial charge in [-0.05, 0) is 67.7 Å². The number of hydrogen-bond donors (Lipinski definition) is 1. The number of hydrogen-bond acceptors (Lipinski definition) is 2. The molecule has 0 amide bonds. The van der Waals surface area contributed by atoms with E-state index in [4.69, 9.17) is 0 Å². The second-order valence-corrected chi connectivity index (χ2v) is 7.88. The van der Waals surface area contributed by atoms with Crippen molar-refractivity contribution in [3.8, 4) is 0 Å². The Labute approximate surface area is 120 Å². The molecule has 0 spiro atoms. The first kappa shape index (κ1) is 12.4. The smallest absolute Gasteiger partial charge is 0.0445 e. The average molecular weight is 275 g/mol. The zero-order valence-electron chi connectivity index (χ0n) is 11.7. The van der Waals surface area contributed by atoms with Crippen LogP contribution in [-0.4, -0.2) is 6.04 Å². The molecule has 1 nitrogen and oxygen atoms in total. The Balaban J connectivity index is 1.51. The van der Waals surface area contributed by atoms with E-state index in [1.54, 1.807) is 4.88 Å². The predicted octanol–water partition coefficient (Wildman–Crippen LogP) is 4.76. The number of thiophene rings is 1. The lowest BCUT2D eigenvalue weighted by atomic mass is 9.94. The van der Waals surface area contributed by atoms with Gasteiger partial charge in [0.1, 0.15) is 0 Å². The molecule has 1 unspecified atom stereocenters. The van der Waals surface area contributed by atoms with Crippen LogP contribution < -0.4 is 5.32 Å². The predicted molar refractivity (Wildman–Crippen MR) is 81.4 cm³/mol. The van der Waals surface area contributed by atoms with Gasteiger partial charge in [0.15, 0.2) is 0 Å². The molecule has 0 aliphatic heterocycles. The van der Waals surface area contributed by atoms with Gasteiger partial charge in [0.2, 0.25) is 0 Å². The molecule has 1 aromatic rings. The van der Waals surface area contributed by atoms with Crippen LogP contribution in [0.25, 0.3) is 0 Å². The lowest BCUT2D eigenvalue weighted by molar-refractivity contribution is 0.296. The first-order chi connectivity index (χ1) is 9.42. The Bertz CT molecular complexity index is 387. The van der Waals surface area contributed by atoms with Gasteiger partial charge >= 0.3 is 0 Å². The summed E-state index contributed by atoms with van der Waals surface area (Å²) in [6, 6.07) is 6.09. The Morgan fingerprint density at radius 1 is 0.947 bits per heavy atom. The summed E-state index contributed by atoms with van der Waals surface area (Å²) in [7, 11) is 0. The third-order valence-corrected chi connectivity index (χ3v) is 6.31. The van der Waals surface area contributed by atoms with E-state index in [9.17, 15) is 0 Å². The fraction of sp³-hybridized carbons (Fsp3) is 0.765. The van der Waals surface area contributed by atoms with Gasteiger partial charge in [0.05, 0.1) is 0 Å². The molecule has 3 aliphatic rings. The van der Waals surface area contributed by atoms with Crippen LogP contribution in [0.3, 0.4) is 0 Å². The average Bonchev–Trinajstić information content (AvgIpc) is 3.33. The highest BCUT2D eigenvalue weighted by molar-refractivity contribution is 7.10. The van der Waals surface area contributed by atoms with Crippen molar-refractivity contribution in [2.24, 2.45) is 17.8 Å². The molecule has 1 N–H and O–H groups in total. The summed E-state index contributed by atoms with van der Waals surface area (Å²) in [5.41, 5.74) is 0. The van der Waals surface area contributed by atoms with Gasteiger partial charge in [-0.3, -0.25) is 0 Å². The molecule has 19 heavy (non-hydrogen) atoms. The molecule has 0 bridgehead atoms. The Morgan fingerprint density at radius 2 is 1.63 bits per heavy atom. The lowest BCUT2D eigenvalue weighted by Gasteiger charge is -2.29. The Kier molecular flexibility index (Phi) is 3.40. The van der Waals surface area contributed by atoms with Gasteiger partial charge < -0.3 is 5.32 Å². The topological polar surface area (TPSA) is 12.0 Å². The SMILES string of the molecule is c1csc(C(NC(C2CC2)C2CC2)C2CCCC2)c1. The van der Waals surface area contributed by atoms with E-state index in [0.717, 1.165) is 23.8 Å². The summed E-state index contributed by atoms with van der Waals surface area (Å²) in [5, 5.41) is 6.38. The molecule has 1 aromatic heterocycles. The molecular weight excluding hydrogens is 250 g/mol. The highest BCUT2D eigenvalue weighted by Crippen LogP contribution is 2.47. The van der Waals surface area contributed by atoms with Crippen molar-refractivity contribution < 1.29 is 0 Å². The van der Waals surface area contributed by atoms with Gasteiger partial charge in [-0.15, -0.1) is 11.3 Å². The van der Waals surface area contributed by atoms with Crippen LogP contribution in [0, 0.1) is 17.8 Å². The fourth-order valence-electron chi connectivity index (χ4n) is 3.98. The Hall–Kier alpha value is -0.340. The molecular formula is C17H25NS. The quantitative estimate of drug-likeness (QED) is 0.789. The number of rotatable bonds is 6. The summed E-state index contributed by atoms with van der Waals surface area (Å²) in [6.07, 6.45) is 11.7. The van der Waals surface area contributed by atoms with E-state index >= 15 is 0 Å². The van der Waals surface area contributed by atoms with Crippen molar-refractivity contribution in [2.45, 2.75) is 63.5 Å². The molecule has 3 fully saturated rings. The van der Waals surface area contributed by atoms with E-state index < -0.39 is 0 Å². The molecule has 2 heteroatoms. The maximum atomic E-state index is 4.13. The molecule has 0 aromatic carbocycles. The number of nitrogens with one attached hydrogen (secondary N) is 1. The third kappa shape index (κ3) is 2.75. The van der Waals surface area contributed by atoms with Gasteiger partial charge in [0, 0.05) is 17.0 Å². The second kappa shape index (κ2) is 5.21. The fourth-order valence-corrected chi connectivity index (χ4v) is 4.86. The van der Waals surface area contributed by atoms with Crippen LogP contribution in [0.5, 0.6) is 0 Å². The summed E-state index contributed by atoms with van der Waals surface area (Å²) < 4.78 is 0. The van der Waals surface area contributed by atoms with Crippen molar-refractivity contribution in [1.82, 2.24) is 5.32 Å². The maximum Gasteiger partial charge on any atom is 0.0445 e. The largest absolute Gasteiger partial charge is 0.306 e. The highest BCUT2D eigenvalue weighted by Gasteiger charge is 2.43. The van der Waals surface area contributed by atoms with E-state index in [-0.39, 0.29) is 0 Å². The molecule has 1 heterocycles. The summed E-state index contributed by atoms with van der Waals surface area (Å²) in [5.74, 6) is 2.92. The van der Waals surface area contributed by atoms with Crippen LogP contribution in [-0.2, 0) is 0 Å². The lowest BCUT2D eigenvalue weighted by Crippen LogP contribution is -2.38. The third-order valence-electron chi connectivity index (χ3n) is 5.35. The van der Waals surface area contributed by atoms with E-state index in [1.807, 2.05) is 11.3 Å². The molecule has 3 aliphatic carbocycles. The summed E-state index contributed by atoms with van der Waals surface area (Å²) >= 11 is 1.96. The summed E-state index contributed by atoms with van der Waals surface area (Å²) in [6.45, 7) is 0. The zero-order chi connectivity index (χ0) is 12.7. The van der Waals surface area contributed by atoms with Crippen molar-refractivity contribution in [1.29, 1.82) is 0 Å². The van der Waals surface area contributed by atoms with Crippen LogP contribution in [0.1, 0.15) is 62.3 Å². The van der Waals surface area contributed by atoms with Gasteiger partial charge in [-0.2, -0.15) is 0 Å². The minimum atomic E-state index is 0.661. The van der Waals surface area contributed by atoms with Crippen molar-refractivity contribution in [2.75, 3.05) is 0 Å². The van der Waals surface area contributed by atoms with Crippen LogP contribution in [0.2, 0.25) is 0 Å². The maximum absolute atomic E-state index is 4.13.